The van der Waals surface area contributed by atoms with Crippen LogP contribution in [0, 0.1) is 5.92 Å². The number of hydrogen-bond acceptors (Lipinski definition) is 6. The second-order valence-corrected chi connectivity index (χ2v) is 8.73. The van der Waals surface area contributed by atoms with Gasteiger partial charge in [0, 0.05) is 16.8 Å². The first-order valence-electron chi connectivity index (χ1n) is 8.94. The number of fused-ring (bicyclic) bond motifs is 3. The Bertz CT molecular complexity index is 821. The van der Waals surface area contributed by atoms with Crippen molar-refractivity contribution in [3.05, 3.63) is 16.8 Å². The molecule has 0 saturated carbocycles. The minimum absolute atomic E-state index is 0.168. The average Bonchev–Trinajstić information content (AvgIpc) is 2.97. The van der Waals surface area contributed by atoms with E-state index in [0.29, 0.717) is 12.5 Å². The summed E-state index contributed by atoms with van der Waals surface area (Å²) in [5.41, 5.74) is 1.36. The number of amides is 2. The van der Waals surface area contributed by atoms with Gasteiger partial charge in [-0.2, -0.15) is 0 Å². The molecule has 26 heavy (non-hydrogen) atoms. The molecule has 8 heteroatoms. The Morgan fingerprint density at radius 3 is 3.00 bits per heavy atom. The Morgan fingerprint density at radius 1 is 1.42 bits per heavy atom. The molecule has 3 rings (SSSR count). The summed E-state index contributed by atoms with van der Waals surface area (Å²) in [4.78, 5) is 35.2. The Morgan fingerprint density at radius 2 is 2.23 bits per heavy atom. The van der Waals surface area contributed by atoms with Gasteiger partial charge in [0.15, 0.2) is 0 Å². The number of carbonyl (C=O) groups is 2. The summed E-state index contributed by atoms with van der Waals surface area (Å²) >= 11 is 3.17. The number of aryl methyl sites for hydroxylation is 1. The number of thioether (sulfide) groups is 1. The Labute approximate surface area is 161 Å². The minimum atomic E-state index is -0.538. The molecule has 0 fully saturated rings. The van der Waals surface area contributed by atoms with E-state index in [-0.39, 0.29) is 17.6 Å². The fourth-order valence-corrected chi connectivity index (χ4v) is 5.42. The van der Waals surface area contributed by atoms with E-state index in [1.165, 1.54) is 28.6 Å². The Balaban J connectivity index is 1.69. The van der Waals surface area contributed by atoms with E-state index < -0.39 is 6.04 Å². The second-order valence-electron chi connectivity index (χ2n) is 6.68. The van der Waals surface area contributed by atoms with Gasteiger partial charge in [-0.05, 0) is 44.6 Å². The Kier molecular flexibility index (Phi) is 6.13. The van der Waals surface area contributed by atoms with Crippen LogP contribution >= 0.6 is 23.1 Å². The standard InChI is InChI=1S/C18H24N4O2S2/c1-4-19-16(24)11(3)22-14(23)8-25-17-15-12-6-5-10(2)7-13(12)26-18(15)21-9-20-17/h9-11H,4-8H2,1-3H3,(H,19,24)(H,22,23)/t10-,11+/m0/s1. The molecule has 2 aromatic heterocycles. The predicted octanol–water partition coefficient (Wildman–Crippen LogP) is 2.55. The summed E-state index contributed by atoms with van der Waals surface area (Å²) in [5.74, 6) is 0.604. The van der Waals surface area contributed by atoms with Crippen LogP contribution in [0.4, 0.5) is 0 Å². The number of aromatic nitrogens is 2. The van der Waals surface area contributed by atoms with Crippen molar-refractivity contribution < 1.29 is 9.59 Å². The van der Waals surface area contributed by atoms with E-state index in [1.807, 2.05) is 6.92 Å². The SMILES string of the molecule is CCNC(=O)[C@@H](C)NC(=O)CSc1ncnc2sc3c(c12)CC[C@H](C)C3. The number of carbonyl (C=O) groups excluding carboxylic acids is 2. The molecular formula is C18H24N4O2S2. The molecule has 0 bridgehead atoms. The summed E-state index contributed by atoms with van der Waals surface area (Å²) in [6, 6.07) is -0.538. The first kappa shape index (κ1) is 19.1. The van der Waals surface area contributed by atoms with E-state index >= 15 is 0 Å². The molecule has 0 aliphatic heterocycles. The highest BCUT2D eigenvalue weighted by Crippen LogP contribution is 2.40. The van der Waals surface area contributed by atoms with Crippen molar-refractivity contribution in [3.63, 3.8) is 0 Å². The molecule has 2 N–H and O–H groups in total. The van der Waals surface area contributed by atoms with Crippen LogP contribution in [0.1, 0.15) is 37.6 Å². The van der Waals surface area contributed by atoms with Gasteiger partial charge in [-0.15, -0.1) is 11.3 Å². The first-order valence-corrected chi connectivity index (χ1v) is 10.7. The minimum Gasteiger partial charge on any atom is -0.355 e. The maximum absolute atomic E-state index is 12.2. The summed E-state index contributed by atoms with van der Waals surface area (Å²) < 4.78 is 0. The lowest BCUT2D eigenvalue weighted by molar-refractivity contribution is -0.127. The molecule has 0 radical (unpaired) electrons. The van der Waals surface area contributed by atoms with Gasteiger partial charge in [0.25, 0.3) is 0 Å². The topological polar surface area (TPSA) is 84.0 Å². The number of nitrogens with one attached hydrogen (secondary N) is 2. The smallest absolute Gasteiger partial charge is 0.242 e. The molecule has 2 heterocycles. The molecule has 2 atom stereocenters. The van der Waals surface area contributed by atoms with E-state index in [0.717, 1.165) is 28.1 Å². The maximum Gasteiger partial charge on any atom is 0.242 e. The molecule has 2 aromatic rings. The molecule has 0 unspecified atom stereocenters. The van der Waals surface area contributed by atoms with Crippen LogP contribution in [0.3, 0.4) is 0 Å². The zero-order valence-electron chi connectivity index (χ0n) is 15.3. The van der Waals surface area contributed by atoms with Gasteiger partial charge >= 0.3 is 0 Å². The van der Waals surface area contributed by atoms with Gasteiger partial charge in [-0.1, -0.05) is 18.7 Å². The number of thiophene rings is 1. The fourth-order valence-electron chi connectivity index (χ4n) is 3.17. The largest absolute Gasteiger partial charge is 0.355 e. The second kappa shape index (κ2) is 8.35. The van der Waals surface area contributed by atoms with Crippen molar-refractivity contribution in [2.24, 2.45) is 5.92 Å². The van der Waals surface area contributed by atoms with Crippen molar-refractivity contribution in [3.8, 4) is 0 Å². The zero-order chi connectivity index (χ0) is 18.7. The molecule has 140 valence electrons. The number of rotatable bonds is 6. The van der Waals surface area contributed by atoms with E-state index in [9.17, 15) is 9.59 Å². The third kappa shape index (κ3) is 4.17. The third-order valence-corrected chi connectivity index (χ3v) is 6.67. The molecular weight excluding hydrogens is 368 g/mol. The third-order valence-electron chi connectivity index (χ3n) is 4.52. The van der Waals surface area contributed by atoms with Crippen LogP contribution in [-0.4, -0.2) is 40.1 Å². The summed E-state index contributed by atoms with van der Waals surface area (Å²) in [6.45, 7) is 6.38. The van der Waals surface area contributed by atoms with E-state index in [1.54, 1.807) is 24.6 Å². The van der Waals surface area contributed by atoms with Gasteiger partial charge in [0.1, 0.15) is 22.2 Å². The number of hydrogen-bond donors (Lipinski definition) is 2. The van der Waals surface area contributed by atoms with Gasteiger partial charge in [-0.3, -0.25) is 9.59 Å². The van der Waals surface area contributed by atoms with Crippen LogP contribution < -0.4 is 10.6 Å². The van der Waals surface area contributed by atoms with Crippen LogP contribution in [0.2, 0.25) is 0 Å². The molecule has 1 aliphatic rings. The normalized spacial score (nSPS) is 17.6. The molecule has 0 aromatic carbocycles. The fraction of sp³-hybridized carbons (Fsp3) is 0.556. The number of likely N-dealkylation sites (N-methyl/N-ethyl adjacent to an activating group) is 1. The maximum atomic E-state index is 12.2. The quantitative estimate of drug-likeness (QED) is 0.583. The average molecular weight is 393 g/mol. The van der Waals surface area contributed by atoms with Crippen molar-refractivity contribution >= 4 is 45.1 Å². The van der Waals surface area contributed by atoms with E-state index in [2.05, 4.69) is 27.5 Å². The molecule has 0 spiro atoms. The lowest BCUT2D eigenvalue weighted by atomic mass is 9.89. The van der Waals surface area contributed by atoms with Crippen LogP contribution in [0.15, 0.2) is 11.4 Å². The van der Waals surface area contributed by atoms with E-state index in [4.69, 9.17) is 0 Å². The molecule has 6 nitrogen and oxygen atoms in total. The monoisotopic (exact) mass is 392 g/mol. The lowest BCUT2D eigenvalue weighted by Gasteiger charge is -2.18. The highest BCUT2D eigenvalue weighted by molar-refractivity contribution is 8.00. The highest BCUT2D eigenvalue weighted by atomic mass is 32.2. The lowest BCUT2D eigenvalue weighted by Crippen LogP contribution is -2.45. The van der Waals surface area contributed by atoms with Crippen molar-refractivity contribution in [1.29, 1.82) is 0 Å². The molecule has 2 amide bonds. The van der Waals surface area contributed by atoms with Crippen LogP contribution in [-0.2, 0) is 22.4 Å². The highest BCUT2D eigenvalue weighted by Gasteiger charge is 2.23. The van der Waals surface area contributed by atoms with Gasteiger partial charge < -0.3 is 10.6 Å². The molecule has 1 aliphatic carbocycles. The van der Waals surface area contributed by atoms with Crippen LogP contribution in [0.25, 0.3) is 10.2 Å². The van der Waals surface area contributed by atoms with Crippen molar-refractivity contribution in [1.82, 2.24) is 20.6 Å². The van der Waals surface area contributed by atoms with Crippen molar-refractivity contribution in [2.45, 2.75) is 51.1 Å². The summed E-state index contributed by atoms with van der Waals surface area (Å²) in [7, 11) is 0. The van der Waals surface area contributed by atoms with Gasteiger partial charge in [0.05, 0.1) is 5.75 Å². The van der Waals surface area contributed by atoms with Crippen molar-refractivity contribution in [2.75, 3.05) is 12.3 Å². The van der Waals surface area contributed by atoms with Gasteiger partial charge in [0.2, 0.25) is 11.8 Å². The first-order chi connectivity index (χ1) is 12.5. The molecule has 0 saturated heterocycles. The number of nitrogens with zero attached hydrogens (tertiary/aromatic N) is 2. The van der Waals surface area contributed by atoms with Crippen LogP contribution in [0.5, 0.6) is 0 Å². The summed E-state index contributed by atoms with van der Waals surface area (Å²) in [5, 5.41) is 7.42. The Hall–Kier alpha value is -1.67. The predicted molar refractivity (Wildman–Crippen MR) is 106 cm³/mol. The van der Waals surface area contributed by atoms with Gasteiger partial charge in [-0.25, -0.2) is 9.97 Å². The summed E-state index contributed by atoms with van der Waals surface area (Å²) in [6.07, 6.45) is 4.91. The zero-order valence-corrected chi connectivity index (χ0v) is 16.9.